The summed E-state index contributed by atoms with van der Waals surface area (Å²) in [4.78, 5) is 18.9. The molecule has 0 radical (unpaired) electrons. The van der Waals surface area contributed by atoms with Gasteiger partial charge in [-0.2, -0.15) is 0 Å². The first kappa shape index (κ1) is 23.6. The molecule has 0 aliphatic carbocycles. The molecule has 1 saturated heterocycles. The first-order chi connectivity index (χ1) is 17.0. The van der Waals surface area contributed by atoms with Crippen molar-refractivity contribution < 1.29 is 0 Å². The lowest BCUT2D eigenvalue weighted by Crippen LogP contribution is -2.41. The fraction of sp³-hybridized carbons (Fsp3) is 0.370. The molecule has 35 heavy (non-hydrogen) atoms. The SMILES string of the molecule is C=C(c1ccc(NSC)nc1)N1CCC(N2CCc3nc(Nc4cc(C)cc(C)c4)ncc3C2)C1. The maximum absolute atomic E-state index is 4.85. The molecule has 3 aromatic rings. The minimum atomic E-state index is 0.512. The molecule has 2 aliphatic heterocycles. The second-order valence-electron chi connectivity index (χ2n) is 9.46. The first-order valence-corrected chi connectivity index (χ1v) is 13.3. The van der Waals surface area contributed by atoms with E-state index in [1.165, 1.54) is 16.7 Å². The molecule has 182 valence electrons. The molecule has 1 unspecified atom stereocenters. The first-order valence-electron chi connectivity index (χ1n) is 12.1. The molecular weight excluding hydrogens is 454 g/mol. The van der Waals surface area contributed by atoms with E-state index in [1.54, 1.807) is 11.9 Å². The third-order valence-corrected chi connectivity index (χ3v) is 7.22. The number of nitrogens with one attached hydrogen (secondary N) is 2. The maximum Gasteiger partial charge on any atom is 0.227 e. The van der Waals surface area contributed by atoms with Crippen molar-refractivity contribution in [1.82, 2.24) is 24.8 Å². The third kappa shape index (κ3) is 5.44. The summed E-state index contributed by atoms with van der Waals surface area (Å²) in [5.41, 5.74) is 8.03. The second kappa shape index (κ2) is 10.3. The molecule has 2 N–H and O–H groups in total. The molecule has 2 aromatic heterocycles. The quantitative estimate of drug-likeness (QED) is 0.450. The Morgan fingerprint density at radius 3 is 2.66 bits per heavy atom. The largest absolute Gasteiger partial charge is 0.370 e. The van der Waals surface area contributed by atoms with Crippen molar-refractivity contribution in [3.8, 4) is 0 Å². The van der Waals surface area contributed by atoms with Crippen LogP contribution in [-0.2, 0) is 13.0 Å². The van der Waals surface area contributed by atoms with Gasteiger partial charge in [-0.1, -0.05) is 24.6 Å². The molecule has 8 heteroatoms. The molecule has 1 atom stereocenters. The number of rotatable bonds is 7. The van der Waals surface area contributed by atoms with Gasteiger partial charge in [-0.25, -0.2) is 15.0 Å². The summed E-state index contributed by atoms with van der Waals surface area (Å²) in [6.45, 7) is 12.5. The molecule has 1 aromatic carbocycles. The number of hydrogen-bond acceptors (Lipinski definition) is 8. The van der Waals surface area contributed by atoms with Crippen LogP contribution in [0.2, 0.25) is 0 Å². The number of hydrogen-bond donors (Lipinski definition) is 2. The minimum Gasteiger partial charge on any atom is -0.370 e. The van der Waals surface area contributed by atoms with E-state index in [-0.39, 0.29) is 0 Å². The van der Waals surface area contributed by atoms with Gasteiger partial charge in [0, 0.05) is 79.8 Å². The fourth-order valence-electron chi connectivity index (χ4n) is 5.08. The van der Waals surface area contributed by atoms with Gasteiger partial charge in [0.1, 0.15) is 5.82 Å². The fourth-order valence-corrected chi connectivity index (χ4v) is 5.41. The van der Waals surface area contributed by atoms with Gasteiger partial charge < -0.3 is 14.9 Å². The average molecular weight is 488 g/mol. The molecule has 1 fully saturated rings. The Balaban J connectivity index is 1.20. The zero-order valence-electron chi connectivity index (χ0n) is 20.7. The van der Waals surface area contributed by atoms with E-state index in [2.05, 4.69) is 74.5 Å². The van der Waals surface area contributed by atoms with Crippen molar-refractivity contribution in [2.24, 2.45) is 0 Å². The Morgan fingerprint density at radius 2 is 1.91 bits per heavy atom. The average Bonchev–Trinajstić information content (AvgIpc) is 3.34. The van der Waals surface area contributed by atoms with Crippen LogP contribution in [0.25, 0.3) is 5.70 Å². The molecule has 4 heterocycles. The van der Waals surface area contributed by atoms with Gasteiger partial charge >= 0.3 is 0 Å². The summed E-state index contributed by atoms with van der Waals surface area (Å²) in [7, 11) is 0. The lowest BCUT2D eigenvalue weighted by molar-refractivity contribution is 0.182. The molecule has 0 saturated carbocycles. The van der Waals surface area contributed by atoms with Gasteiger partial charge in [0.2, 0.25) is 5.95 Å². The molecule has 0 amide bonds. The zero-order chi connectivity index (χ0) is 24.4. The summed E-state index contributed by atoms with van der Waals surface area (Å²) < 4.78 is 3.16. The van der Waals surface area contributed by atoms with Gasteiger partial charge in [-0.3, -0.25) is 4.90 Å². The monoisotopic (exact) mass is 487 g/mol. The van der Waals surface area contributed by atoms with Crippen molar-refractivity contribution >= 4 is 35.1 Å². The molecule has 7 nitrogen and oxygen atoms in total. The molecule has 5 rings (SSSR count). The second-order valence-corrected chi connectivity index (χ2v) is 10.1. The minimum absolute atomic E-state index is 0.512. The smallest absolute Gasteiger partial charge is 0.227 e. The lowest BCUT2D eigenvalue weighted by Gasteiger charge is -2.33. The number of fused-ring (bicyclic) bond motifs is 1. The predicted octanol–water partition coefficient (Wildman–Crippen LogP) is 5.03. The Morgan fingerprint density at radius 1 is 1.09 bits per heavy atom. The summed E-state index contributed by atoms with van der Waals surface area (Å²) >= 11 is 1.54. The van der Waals surface area contributed by atoms with Gasteiger partial charge in [0.15, 0.2) is 0 Å². The van der Waals surface area contributed by atoms with E-state index in [0.717, 1.165) is 67.5 Å². The highest BCUT2D eigenvalue weighted by Gasteiger charge is 2.31. The van der Waals surface area contributed by atoms with Crippen molar-refractivity contribution in [3.05, 3.63) is 77.3 Å². The third-order valence-electron chi connectivity index (χ3n) is 6.81. The van der Waals surface area contributed by atoms with Crippen LogP contribution in [0.4, 0.5) is 17.5 Å². The van der Waals surface area contributed by atoms with Gasteiger partial charge in [-0.05, 0) is 55.7 Å². The van der Waals surface area contributed by atoms with E-state index in [4.69, 9.17) is 4.98 Å². The zero-order valence-corrected chi connectivity index (χ0v) is 21.5. The number of anilines is 3. The molecule has 0 bridgehead atoms. The summed E-state index contributed by atoms with van der Waals surface area (Å²) in [5.74, 6) is 1.55. The highest BCUT2D eigenvalue weighted by molar-refractivity contribution is 7.99. The van der Waals surface area contributed by atoms with Crippen LogP contribution in [0.1, 0.15) is 34.4 Å². The summed E-state index contributed by atoms with van der Waals surface area (Å²) in [6.07, 6.45) is 7.99. The number of nitrogens with zero attached hydrogens (tertiary/aromatic N) is 5. The highest BCUT2D eigenvalue weighted by Crippen LogP contribution is 2.29. The van der Waals surface area contributed by atoms with Crippen LogP contribution >= 0.6 is 11.9 Å². The van der Waals surface area contributed by atoms with Gasteiger partial charge in [0.25, 0.3) is 0 Å². The van der Waals surface area contributed by atoms with E-state index in [0.29, 0.717) is 12.0 Å². The Labute approximate surface area is 212 Å². The van der Waals surface area contributed by atoms with E-state index >= 15 is 0 Å². The van der Waals surface area contributed by atoms with Crippen LogP contribution in [-0.4, -0.2) is 56.7 Å². The van der Waals surface area contributed by atoms with Crippen LogP contribution in [0.5, 0.6) is 0 Å². The maximum atomic E-state index is 4.85. The Kier molecular flexibility index (Phi) is 6.92. The van der Waals surface area contributed by atoms with Crippen LogP contribution in [0.15, 0.2) is 49.3 Å². The van der Waals surface area contributed by atoms with Gasteiger partial charge in [0.05, 0.1) is 5.69 Å². The number of benzene rings is 1. The number of likely N-dealkylation sites (tertiary alicyclic amines) is 1. The van der Waals surface area contributed by atoms with E-state index < -0.39 is 0 Å². The van der Waals surface area contributed by atoms with Crippen molar-refractivity contribution in [2.45, 2.75) is 39.3 Å². The van der Waals surface area contributed by atoms with Gasteiger partial charge in [-0.15, -0.1) is 0 Å². The number of aromatic nitrogens is 3. The Bertz CT molecular complexity index is 1190. The van der Waals surface area contributed by atoms with Crippen molar-refractivity contribution in [3.63, 3.8) is 0 Å². The number of aryl methyl sites for hydroxylation is 2. The molecule has 2 aliphatic rings. The highest BCUT2D eigenvalue weighted by atomic mass is 32.2. The predicted molar refractivity (Wildman–Crippen MR) is 146 cm³/mol. The van der Waals surface area contributed by atoms with Crippen molar-refractivity contribution in [1.29, 1.82) is 0 Å². The van der Waals surface area contributed by atoms with Crippen molar-refractivity contribution in [2.75, 3.05) is 35.9 Å². The molecular formula is C27H33N7S. The van der Waals surface area contributed by atoms with Crippen LogP contribution < -0.4 is 10.0 Å². The summed E-state index contributed by atoms with van der Waals surface area (Å²) in [6, 6.07) is 11.0. The van der Waals surface area contributed by atoms with Crippen LogP contribution in [0.3, 0.4) is 0 Å². The lowest BCUT2D eigenvalue weighted by atomic mass is 10.0. The molecule has 0 spiro atoms. The number of pyridine rings is 1. The van der Waals surface area contributed by atoms with Crippen LogP contribution in [0, 0.1) is 13.8 Å². The summed E-state index contributed by atoms with van der Waals surface area (Å²) in [5, 5.41) is 3.38. The normalized spacial score (nSPS) is 17.8. The van der Waals surface area contributed by atoms with E-state index in [1.807, 2.05) is 24.7 Å². The van der Waals surface area contributed by atoms with E-state index in [9.17, 15) is 0 Å². The topological polar surface area (TPSA) is 69.2 Å². The Hall–Kier alpha value is -3.10. The standard InChI is InChI=1S/C27H33N7S/c1-18-11-19(2)13-23(12-18)30-27-29-15-22-16-34(10-8-25(22)31-27)24-7-9-33(17-24)20(3)21-5-6-26(28-14-21)32-35-4/h5-6,11-15,24H,3,7-10,16-17H2,1-2,4H3,(H,28,32)(H,29,30,31).